The molecule has 2 N–H and O–H groups in total. The minimum Gasteiger partial charge on any atom is -0.345 e. The van der Waals surface area contributed by atoms with Crippen molar-refractivity contribution in [1.29, 1.82) is 0 Å². The lowest BCUT2D eigenvalue weighted by atomic mass is 9.95. The van der Waals surface area contributed by atoms with E-state index in [1.54, 1.807) is 17.0 Å². The van der Waals surface area contributed by atoms with Crippen LogP contribution in [0.4, 0.5) is 5.69 Å². The van der Waals surface area contributed by atoms with Gasteiger partial charge in [0.15, 0.2) is 0 Å². The number of carbonyl (C=O) groups excluding carboxylic acids is 3. The molecule has 1 atom stereocenters. The molecule has 0 aliphatic heterocycles. The second-order valence-electron chi connectivity index (χ2n) is 6.82. The van der Waals surface area contributed by atoms with E-state index in [4.69, 9.17) is 0 Å². The van der Waals surface area contributed by atoms with E-state index in [9.17, 15) is 14.4 Å². The summed E-state index contributed by atoms with van der Waals surface area (Å²) in [6, 6.07) is 18.6. The molecule has 0 unspecified atom stereocenters. The Kier molecular flexibility index (Phi) is 8.89. The van der Waals surface area contributed by atoms with E-state index in [1.165, 1.54) is 0 Å². The fourth-order valence-electron chi connectivity index (χ4n) is 3.13. The molecule has 0 heterocycles. The lowest BCUT2D eigenvalue weighted by molar-refractivity contribution is -0.137. The molecule has 0 radical (unpaired) electrons. The lowest BCUT2D eigenvalue weighted by Gasteiger charge is -2.26. The number of anilines is 1. The van der Waals surface area contributed by atoms with Crippen molar-refractivity contribution in [2.24, 2.45) is 0 Å². The van der Waals surface area contributed by atoms with E-state index in [-0.39, 0.29) is 36.7 Å². The number of benzene rings is 2. The van der Waals surface area contributed by atoms with E-state index < -0.39 is 0 Å². The van der Waals surface area contributed by atoms with Crippen molar-refractivity contribution in [3.05, 3.63) is 66.2 Å². The molecule has 0 aliphatic carbocycles. The summed E-state index contributed by atoms with van der Waals surface area (Å²) in [6.45, 7) is 4.22. The number of hydrogen-bond acceptors (Lipinski definition) is 3. The minimum atomic E-state index is -0.349. The van der Waals surface area contributed by atoms with Crippen molar-refractivity contribution >= 4 is 23.4 Å². The molecular weight excluding hydrogens is 366 g/mol. The molecule has 29 heavy (non-hydrogen) atoms. The summed E-state index contributed by atoms with van der Waals surface area (Å²) in [6.07, 6.45) is 1.41. The smallest absolute Gasteiger partial charge is 0.243 e. The molecule has 154 valence electrons. The van der Waals surface area contributed by atoms with Gasteiger partial charge in [-0.15, -0.1) is 0 Å². The van der Waals surface area contributed by atoms with Crippen molar-refractivity contribution in [1.82, 2.24) is 10.2 Å². The molecule has 0 aliphatic rings. The summed E-state index contributed by atoms with van der Waals surface area (Å²) in [5.74, 6) is -1.01. The van der Waals surface area contributed by atoms with E-state index in [1.807, 2.05) is 62.4 Å². The monoisotopic (exact) mass is 395 g/mol. The highest BCUT2D eigenvalue weighted by atomic mass is 16.2. The van der Waals surface area contributed by atoms with Gasteiger partial charge in [-0.05, 0) is 30.5 Å². The molecule has 2 aromatic rings. The van der Waals surface area contributed by atoms with Gasteiger partial charge in [-0.3, -0.25) is 14.4 Å². The van der Waals surface area contributed by atoms with Crippen molar-refractivity contribution in [3.63, 3.8) is 0 Å². The SMILES string of the molecule is CCCN(CC(=O)NCC(=O)Nc1ccccc1)C(=O)[C@H](CC)c1ccccc1. The van der Waals surface area contributed by atoms with Crippen LogP contribution in [-0.2, 0) is 14.4 Å². The number of nitrogens with one attached hydrogen (secondary N) is 2. The first-order valence-corrected chi connectivity index (χ1v) is 10.0. The Morgan fingerprint density at radius 3 is 2.10 bits per heavy atom. The zero-order valence-corrected chi connectivity index (χ0v) is 17.1. The summed E-state index contributed by atoms with van der Waals surface area (Å²) in [4.78, 5) is 39.0. The van der Waals surface area contributed by atoms with Crippen LogP contribution in [0.25, 0.3) is 0 Å². The summed E-state index contributed by atoms with van der Waals surface area (Å²) in [7, 11) is 0. The summed E-state index contributed by atoms with van der Waals surface area (Å²) < 4.78 is 0. The fraction of sp³-hybridized carbons (Fsp3) is 0.348. The summed E-state index contributed by atoms with van der Waals surface area (Å²) in [5, 5.41) is 5.31. The van der Waals surface area contributed by atoms with Crippen LogP contribution in [0, 0.1) is 0 Å². The van der Waals surface area contributed by atoms with Gasteiger partial charge in [-0.2, -0.15) is 0 Å². The molecule has 0 fully saturated rings. The fourth-order valence-corrected chi connectivity index (χ4v) is 3.13. The third-order valence-corrected chi connectivity index (χ3v) is 4.55. The minimum absolute atomic E-state index is 0.0609. The zero-order chi connectivity index (χ0) is 21.1. The van der Waals surface area contributed by atoms with Crippen molar-refractivity contribution in [2.75, 3.05) is 25.0 Å². The number of para-hydroxylation sites is 1. The molecule has 0 spiro atoms. The average Bonchev–Trinajstić information content (AvgIpc) is 2.74. The Morgan fingerprint density at radius 2 is 1.52 bits per heavy atom. The summed E-state index contributed by atoms with van der Waals surface area (Å²) >= 11 is 0. The normalized spacial score (nSPS) is 11.4. The first-order chi connectivity index (χ1) is 14.0. The lowest BCUT2D eigenvalue weighted by Crippen LogP contribution is -2.44. The van der Waals surface area contributed by atoms with Gasteiger partial charge in [0.1, 0.15) is 0 Å². The van der Waals surface area contributed by atoms with Gasteiger partial charge >= 0.3 is 0 Å². The van der Waals surface area contributed by atoms with E-state index in [2.05, 4.69) is 10.6 Å². The molecule has 0 saturated carbocycles. The maximum absolute atomic E-state index is 13.0. The van der Waals surface area contributed by atoms with Gasteiger partial charge in [-0.1, -0.05) is 62.4 Å². The maximum atomic E-state index is 13.0. The Balaban J connectivity index is 1.92. The van der Waals surface area contributed by atoms with Crippen LogP contribution in [0.5, 0.6) is 0 Å². The average molecular weight is 396 g/mol. The zero-order valence-electron chi connectivity index (χ0n) is 17.1. The van der Waals surface area contributed by atoms with Gasteiger partial charge in [0.2, 0.25) is 17.7 Å². The van der Waals surface area contributed by atoms with E-state index in [0.717, 1.165) is 12.0 Å². The third-order valence-electron chi connectivity index (χ3n) is 4.55. The maximum Gasteiger partial charge on any atom is 0.243 e. The second kappa shape index (κ2) is 11.6. The van der Waals surface area contributed by atoms with Crippen LogP contribution in [0.15, 0.2) is 60.7 Å². The van der Waals surface area contributed by atoms with Gasteiger partial charge in [-0.25, -0.2) is 0 Å². The standard InChI is InChI=1S/C23H29N3O3/c1-3-15-26(23(29)20(4-2)18-11-7-5-8-12-18)17-22(28)24-16-21(27)25-19-13-9-6-10-14-19/h5-14,20H,3-4,15-17H2,1-2H3,(H,24,28)(H,25,27)/t20-/m1/s1. The van der Waals surface area contributed by atoms with Crippen LogP contribution in [-0.4, -0.2) is 42.3 Å². The highest BCUT2D eigenvalue weighted by Crippen LogP contribution is 2.22. The van der Waals surface area contributed by atoms with Crippen molar-refractivity contribution < 1.29 is 14.4 Å². The van der Waals surface area contributed by atoms with Crippen molar-refractivity contribution in [3.8, 4) is 0 Å². The Hall–Kier alpha value is -3.15. The quantitative estimate of drug-likeness (QED) is 0.649. The van der Waals surface area contributed by atoms with Crippen molar-refractivity contribution in [2.45, 2.75) is 32.6 Å². The highest BCUT2D eigenvalue weighted by molar-refractivity contribution is 5.95. The van der Waals surface area contributed by atoms with E-state index >= 15 is 0 Å². The van der Waals surface area contributed by atoms with Crippen LogP contribution in [0.1, 0.15) is 38.2 Å². The molecule has 0 bridgehead atoms. The largest absolute Gasteiger partial charge is 0.345 e. The number of rotatable bonds is 10. The topological polar surface area (TPSA) is 78.5 Å². The van der Waals surface area contributed by atoms with Crippen LogP contribution in [0.2, 0.25) is 0 Å². The number of nitrogens with zero attached hydrogens (tertiary/aromatic N) is 1. The number of hydrogen-bond donors (Lipinski definition) is 2. The Labute approximate surface area is 172 Å². The van der Waals surface area contributed by atoms with Crippen LogP contribution < -0.4 is 10.6 Å². The Bertz CT molecular complexity index is 794. The second-order valence-corrected chi connectivity index (χ2v) is 6.82. The third kappa shape index (κ3) is 7.07. The highest BCUT2D eigenvalue weighted by Gasteiger charge is 2.25. The van der Waals surface area contributed by atoms with Gasteiger partial charge in [0, 0.05) is 12.2 Å². The Morgan fingerprint density at radius 1 is 0.897 bits per heavy atom. The predicted molar refractivity (Wildman–Crippen MR) is 114 cm³/mol. The molecular formula is C23H29N3O3. The molecule has 0 saturated heterocycles. The molecule has 2 aromatic carbocycles. The molecule has 6 heteroatoms. The van der Waals surface area contributed by atoms with E-state index in [0.29, 0.717) is 18.7 Å². The van der Waals surface area contributed by atoms with Gasteiger partial charge in [0.25, 0.3) is 0 Å². The number of amides is 3. The number of carbonyl (C=O) groups is 3. The molecule has 6 nitrogen and oxygen atoms in total. The van der Waals surface area contributed by atoms with Gasteiger partial charge < -0.3 is 15.5 Å². The van der Waals surface area contributed by atoms with Crippen LogP contribution in [0.3, 0.4) is 0 Å². The first-order valence-electron chi connectivity index (χ1n) is 10.0. The van der Waals surface area contributed by atoms with Gasteiger partial charge in [0.05, 0.1) is 19.0 Å². The molecule has 0 aromatic heterocycles. The first kappa shape index (κ1) is 22.1. The molecule has 2 rings (SSSR count). The van der Waals surface area contributed by atoms with Crippen LogP contribution >= 0.6 is 0 Å². The molecule has 3 amide bonds. The summed E-state index contributed by atoms with van der Waals surface area (Å²) in [5.41, 5.74) is 1.62. The predicted octanol–water partition coefficient (Wildman–Crippen LogP) is 3.17.